The van der Waals surface area contributed by atoms with Gasteiger partial charge in [-0.2, -0.15) is 0 Å². The van der Waals surface area contributed by atoms with Gasteiger partial charge in [0.1, 0.15) is 5.75 Å². The molecule has 0 radical (unpaired) electrons. The Balaban J connectivity index is 1.57. The Morgan fingerprint density at radius 3 is 2.14 bits per heavy atom. The van der Waals surface area contributed by atoms with Gasteiger partial charge in [0.2, 0.25) is 0 Å². The fraction of sp³-hybridized carbons (Fsp3) is 0.167. The summed E-state index contributed by atoms with van der Waals surface area (Å²) in [6, 6.07) is 21.9. The Kier molecular flexibility index (Phi) is 6.29. The fourth-order valence-electron chi connectivity index (χ4n) is 2.80. The molecule has 2 amide bonds. The van der Waals surface area contributed by atoms with Crippen molar-refractivity contribution in [3.63, 3.8) is 0 Å². The molecule has 0 heterocycles. The number of hydrogen-bond donors (Lipinski definition) is 2. The Hall–Kier alpha value is -3.60. The van der Waals surface area contributed by atoms with Crippen molar-refractivity contribution in [2.45, 2.75) is 26.9 Å². The minimum atomic E-state index is -0.642. The van der Waals surface area contributed by atoms with Crippen LogP contribution in [0.3, 0.4) is 0 Å². The first kappa shape index (κ1) is 20.1. The molecule has 3 rings (SSSR count). The lowest BCUT2D eigenvalue weighted by Crippen LogP contribution is -2.30. The molecule has 0 unspecified atom stereocenters. The first-order chi connectivity index (χ1) is 13.9. The average molecular weight is 388 g/mol. The van der Waals surface area contributed by atoms with Crippen LogP contribution in [0.2, 0.25) is 0 Å². The molecular formula is C24H24N2O3. The van der Waals surface area contributed by atoms with Gasteiger partial charge in [0.15, 0.2) is 6.10 Å². The van der Waals surface area contributed by atoms with Gasteiger partial charge < -0.3 is 15.4 Å². The number of benzene rings is 3. The van der Waals surface area contributed by atoms with Crippen molar-refractivity contribution in [3.05, 3.63) is 89.5 Å². The van der Waals surface area contributed by atoms with Gasteiger partial charge in [-0.1, -0.05) is 35.9 Å². The van der Waals surface area contributed by atoms with Crippen LogP contribution in [-0.2, 0) is 4.79 Å². The fourth-order valence-corrected chi connectivity index (χ4v) is 2.80. The monoisotopic (exact) mass is 388 g/mol. The third kappa shape index (κ3) is 5.45. The smallest absolute Gasteiger partial charge is 0.265 e. The van der Waals surface area contributed by atoms with E-state index in [-0.39, 0.29) is 11.8 Å². The molecule has 0 aliphatic heterocycles. The predicted octanol–water partition coefficient (Wildman–Crippen LogP) is 4.96. The molecule has 0 aromatic heterocycles. The Morgan fingerprint density at radius 1 is 0.828 bits per heavy atom. The van der Waals surface area contributed by atoms with Crippen molar-refractivity contribution in [2.75, 3.05) is 10.6 Å². The number of ether oxygens (including phenoxy) is 1. The molecule has 0 aliphatic carbocycles. The highest BCUT2D eigenvalue weighted by atomic mass is 16.5. The third-order valence-electron chi connectivity index (χ3n) is 4.46. The van der Waals surface area contributed by atoms with Crippen molar-refractivity contribution in [2.24, 2.45) is 0 Å². The van der Waals surface area contributed by atoms with Crippen LogP contribution >= 0.6 is 0 Å². The van der Waals surface area contributed by atoms with E-state index in [1.54, 1.807) is 37.3 Å². The molecule has 5 heteroatoms. The lowest BCUT2D eigenvalue weighted by molar-refractivity contribution is -0.122. The minimum Gasteiger partial charge on any atom is -0.481 e. The van der Waals surface area contributed by atoms with Gasteiger partial charge in [0.05, 0.1) is 0 Å². The zero-order chi connectivity index (χ0) is 20.8. The number of amides is 2. The zero-order valence-corrected chi connectivity index (χ0v) is 16.7. The van der Waals surface area contributed by atoms with Crippen LogP contribution in [-0.4, -0.2) is 17.9 Å². The second kappa shape index (κ2) is 9.06. The zero-order valence-electron chi connectivity index (χ0n) is 16.7. The van der Waals surface area contributed by atoms with Gasteiger partial charge in [0.25, 0.3) is 11.8 Å². The molecular weight excluding hydrogens is 364 g/mol. The van der Waals surface area contributed by atoms with Crippen molar-refractivity contribution in [1.29, 1.82) is 0 Å². The van der Waals surface area contributed by atoms with Crippen molar-refractivity contribution in [1.82, 2.24) is 0 Å². The highest BCUT2D eigenvalue weighted by Crippen LogP contribution is 2.19. The number of nitrogens with one attached hydrogen (secondary N) is 2. The van der Waals surface area contributed by atoms with Crippen molar-refractivity contribution < 1.29 is 14.3 Å². The molecule has 5 nitrogen and oxygen atoms in total. The van der Waals surface area contributed by atoms with E-state index in [0.717, 1.165) is 11.1 Å². The van der Waals surface area contributed by atoms with Gasteiger partial charge in [-0.15, -0.1) is 0 Å². The summed E-state index contributed by atoms with van der Waals surface area (Å²) in [6.45, 7) is 5.58. The molecule has 0 bridgehead atoms. The van der Waals surface area contributed by atoms with Crippen LogP contribution in [0.15, 0.2) is 72.8 Å². The highest BCUT2D eigenvalue weighted by Gasteiger charge is 2.16. The molecule has 0 spiro atoms. The van der Waals surface area contributed by atoms with Crippen molar-refractivity contribution in [3.8, 4) is 5.75 Å². The number of carbonyl (C=O) groups is 2. The molecule has 148 valence electrons. The van der Waals surface area contributed by atoms with E-state index in [1.165, 1.54) is 0 Å². The molecule has 0 saturated carbocycles. The maximum Gasteiger partial charge on any atom is 0.265 e. The second-order valence-electron chi connectivity index (χ2n) is 6.92. The van der Waals surface area contributed by atoms with E-state index >= 15 is 0 Å². The van der Waals surface area contributed by atoms with Crippen LogP contribution in [0.1, 0.15) is 28.4 Å². The summed E-state index contributed by atoms with van der Waals surface area (Å²) < 4.78 is 5.75. The number of carbonyl (C=O) groups excluding carboxylic acids is 2. The quantitative estimate of drug-likeness (QED) is 0.627. The topological polar surface area (TPSA) is 67.4 Å². The largest absolute Gasteiger partial charge is 0.481 e. The Bertz CT molecular complexity index is 1010. The van der Waals surface area contributed by atoms with Crippen molar-refractivity contribution >= 4 is 23.2 Å². The maximum atomic E-state index is 12.4. The molecule has 0 saturated heterocycles. The van der Waals surface area contributed by atoms with E-state index < -0.39 is 6.10 Å². The molecule has 1 atom stereocenters. The van der Waals surface area contributed by atoms with E-state index in [4.69, 9.17) is 4.74 Å². The van der Waals surface area contributed by atoms with Crippen LogP contribution in [0, 0.1) is 13.8 Å². The van der Waals surface area contributed by atoms with Gasteiger partial charge >= 0.3 is 0 Å². The van der Waals surface area contributed by atoms with Gasteiger partial charge in [-0.05, 0) is 68.8 Å². The van der Waals surface area contributed by atoms with Crippen LogP contribution < -0.4 is 15.4 Å². The molecule has 29 heavy (non-hydrogen) atoms. The number of para-hydroxylation sites is 1. The van der Waals surface area contributed by atoms with E-state index in [0.29, 0.717) is 22.7 Å². The van der Waals surface area contributed by atoms with E-state index in [9.17, 15) is 9.59 Å². The molecule has 2 N–H and O–H groups in total. The SMILES string of the molecule is Cc1cccc(C(=O)Nc2ccc(NC(=O)[C@H](C)Oc3ccccc3C)cc2)c1. The normalized spacial score (nSPS) is 11.4. The summed E-state index contributed by atoms with van der Waals surface area (Å²) in [4.78, 5) is 24.7. The lowest BCUT2D eigenvalue weighted by atomic mass is 10.1. The second-order valence-corrected chi connectivity index (χ2v) is 6.92. The van der Waals surface area contributed by atoms with Gasteiger partial charge in [-0.25, -0.2) is 0 Å². The third-order valence-corrected chi connectivity index (χ3v) is 4.46. The van der Waals surface area contributed by atoms with Crippen LogP contribution in [0.25, 0.3) is 0 Å². The predicted molar refractivity (Wildman–Crippen MR) is 115 cm³/mol. The summed E-state index contributed by atoms with van der Waals surface area (Å²) in [6.07, 6.45) is -0.642. The number of rotatable bonds is 6. The number of hydrogen-bond acceptors (Lipinski definition) is 3. The molecule has 3 aromatic carbocycles. The van der Waals surface area contributed by atoms with Crippen LogP contribution in [0.4, 0.5) is 11.4 Å². The highest BCUT2D eigenvalue weighted by molar-refractivity contribution is 6.04. The molecule has 0 aliphatic rings. The van der Waals surface area contributed by atoms with E-state index in [1.807, 2.05) is 56.3 Å². The molecule has 3 aromatic rings. The average Bonchev–Trinajstić information content (AvgIpc) is 2.71. The lowest BCUT2D eigenvalue weighted by Gasteiger charge is -2.16. The summed E-state index contributed by atoms with van der Waals surface area (Å²) in [5.74, 6) is 0.264. The summed E-state index contributed by atoms with van der Waals surface area (Å²) in [5, 5.41) is 5.68. The first-order valence-electron chi connectivity index (χ1n) is 9.43. The Morgan fingerprint density at radius 2 is 1.48 bits per heavy atom. The van der Waals surface area contributed by atoms with Gasteiger partial charge in [0, 0.05) is 16.9 Å². The summed E-state index contributed by atoms with van der Waals surface area (Å²) in [7, 11) is 0. The van der Waals surface area contributed by atoms with Gasteiger partial charge in [-0.3, -0.25) is 9.59 Å². The Labute approximate surface area is 170 Å². The van der Waals surface area contributed by atoms with E-state index in [2.05, 4.69) is 10.6 Å². The van der Waals surface area contributed by atoms with Crippen LogP contribution in [0.5, 0.6) is 5.75 Å². The summed E-state index contributed by atoms with van der Waals surface area (Å²) in [5.41, 5.74) is 3.88. The standard InChI is InChI=1S/C24H24N2O3/c1-16-7-6-9-19(15-16)24(28)26-21-13-11-20(12-14-21)25-23(27)18(3)29-22-10-5-4-8-17(22)2/h4-15,18H,1-3H3,(H,25,27)(H,26,28)/t18-/m0/s1. The number of anilines is 2. The minimum absolute atomic E-state index is 0.175. The maximum absolute atomic E-state index is 12.4. The number of aryl methyl sites for hydroxylation is 2. The molecule has 0 fully saturated rings. The first-order valence-corrected chi connectivity index (χ1v) is 9.43. The summed E-state index contributed by atoms with van der Waals surface area (Å²) >= 11 is 0.